The molecule has 0 radical (unpaired) electrons. The Morgan fingerprint density at radius 2 is 1.70 bits per heavy atom. The number of hydrogen-bond acceptors (Lipinski definition) is 3. The van der Waals surface area contributed by atoms with Gasteiger partial charge < -0.3 is 15.4 Å². The van der Waals surface area contributed by atoms with E-state index in [0.717, 1.165) is 22.4 Å². The molecule has 142 valence electrons. The maximum Gasteiger partial charge on any atom is 0.408 e. The van der Waals surface area contributed by atoms with Crippen molar-refractivity contribution in [3.63, 3.8) is 0 Å². The van der Waals surface area contributed by atoms with Crippen molar-refractivity contribution in [2.45, 2.75) is 51.7 Å². The number of anilines is 1. The van der Waals surface area contributed by atoms with Gasteiger partial charge in [0.15, 0.2) is 0 Å². The number of fused-ring (bicyclic) bond motifs is 1. The van der Waals surface area contributed by atoms with Crippen LogP contribution in [0.15, 0.2) is 48.5 Å². The molecule has 5 heteroatoms. The minimum Gasteiger partial charge on any atom is -0.444 e. The van der Waals surface area contributed by atoms with Crippen LogP contribution in [0.4, 0.5) is 10.5 Å². The first kappa shape index (κ1) is 19.0. The van der Waals surface area contributed by atoms with Crippen LogP contribution in [0.3, 0.4) is 0 Å². The van der Waals surface area contributed by atoms with Crippen molar-refractivity contribution in [2.75, 3.05) is 5.32 Å². The van der Waals surface area contributed by atoms with E-state index in [1.807, 2.05) is 55.5 Å². The second-order valence-corrected chi connectivity index (χ2v) is 7.96. The fraction of sp³-hybridized carbons (Fsp3) is 0.364. The summed E-state index contributed by atoms with van der Waals surface area (Å²) in [6.45, 7) is 7.34. The van der Waals surface area contributed by atoms with Gasteiger partial charge in [0.25, 0.3) is 5.91 Å². The predicted octanol–water partition coefficient (Wildman–Crippen LogP) is 4.30. The molecule has 2 aromatic carbocycles. The maximum absolute atomic E-state index is 13.4. The number of carbonyl (C=O) groups excluding carboxylic acids is 2. The molecule has 27 heavy (non-hydrogen) atoms. The van der Waals surface area contributed by atoms with Crippen LogP contribution >= 0.6 is 0 Å². The zero-order valence-electron chi connectivity index (χ0n) is 16.3. The minimum absolute atomic E-state index is 0.257. The molecule has 2 N–H and O–H groups in total. The number of alkyl carbamates (subject to hydrolysis) is 1. The number of benzene rings is 2. The van der Waals surface area contributed by atoms with Crippen LogP contribution < -0.4 is 10.6 Å². The first-order chi connectivity index (χ1) is 12.7. The van der Waals surface area contributed by atoms with Crippen molar-refractivity contribution in [1.82, 2.24) is 5.32 Å². The van der Waals surface area contributed by atoms with E-state index < -0.39 is 17.2 Å². The van der Waals surface area contributed by atoms with Gasteiger partial charge in [-0.05, 0) is 63.3 Å². The lowest BCUT2D eigenvalue weighted by Gasteiger charge is -2.32. The van der Waals surface area contributed by atoms with Gasteiger partial charge in [0.2, 0.25) is 0 Å². The lowest BCUT2D eigenvalue weighted by atomic mass is 9.90. The van der Waals surface area contributed by atoms with Crippen molar-refractivity contribution in [3.05, 3.63) is 65.2 Å². The zero-order valence-corrected chi connectivity index (χ0v) is 16.3. The van der Waals surface area contributed by atoms with E-state index in [9.17, 15) is 9.59 Å². The molecule has 0 spiro atoms. The largest absolute Gasteiger partial charge is 0.444 e. The summed E-state index contributed by atoms with van der Waals surface area (Å²) in [5.41, 5.74) is 1.79. The first-order valence-corrected chi connectivity index (χ1v) is 9.18. The molecule has 2 amide bonds. The Bertz CT molecular complexity index is 870. The molecule has 3 rings (SSSR count). The molecule has 0 saturated heterocycles. The first-order valence-electron chi connectivity index (χ1n) is 9.18. The SMILES string of the molecule is Cc1ccccc1NC(=O)C1(NC(=O)OC(C)(C)C)CCc2ccccc21. The molecule has 1 unspecified atom stereocenters. The number of nitrogens with one attached hydrogen (secondary N) is 2. The van der Waals surface area contributed by atoms with Crippen molar-refractivity contribution < 1.29 is 14.3 Å². The molecule has 5 nitrogen and oxygen atoms in total. The van der Waals surface area contributed by atoms with Gasteiger partial charge >= 0.3 is 6.09 Å². The topological polar surface area (TPSA) is 67.4 Å². The fourth-order valence-corrected chi connectivity index (χ4v) is 3.45. The average molecular weight is 366 g/mol. The molecule has 1 aliphatic rings. The van der Waals surface area contributed by atoms with E-state index in [0.29, 0.717) is 12.8 Å². The Labute approximate surface area is 160 Å². The lowest BCUT2D eigenvalue weighted by molar-refractivity contribution is -0.122. The molecular weight excluding hydrogens is 340 g/mol. The molecule has 2 aromatic rings. The van der Waals surface area contributed by atoms with Gasteiger partial charge in [-0.3, -0.25) is 4.79 Å². The number of para-hydroxylation sites is 1. The van der Waals surface area contributed by atoms with E-state index in [-0.39, 0.29) is 5.91 Å². The number of ether oxygens (including phenoxy) is 1. The van der Waals surface area contributed by atoms with E-state index in [4.69, 9.17) is 4.74 Å². The van der Waals surface area contributed by atoms with E-state index in [1.54, 1.807) is 20.8 Å². The summed E-state index contributed by atoms with van der Waals surface area (Å²) in [6.07, 6.45) is 0.607. The number of aryl methyl sites for hydroxylation is 2. The Balaban J connectivity index is 1.95. The van der Waals surface area contributed by atoms with Crippen LogP contribution in [0.5, 0.6) is 0 Å². The summed E-state index contributed by atoms with van der Waals surface area (Å²) in [7, 11) is 0. The molecule has 0 aliphatic heterocycles. The molecule has 0 saturated carbocycles. The van der Waals surface area contributed by atoms with Gasteiger partial charge in [-0.15, -0.1) is 0 Å². The monoisotopic (exact) mass is 366 g/mol. The number of carbonyl (C=O) groups is 2. The predicted molar refractivity (Wildman–Crippen MR) is 106 cm³/mol. The van der Waals surface area contributed by atoms with E-state index in [1.165, 1.54) is 0 Å². The fourth-order valence-electron chi connectivity index (χ4n) is 3.45. The van der Waals surface area contributed by atoms with Gasteiger partial charge in [0, 0.05) is 5.69 Å². The molecule has 1 aliphatic carbocycles. The smallest absolute Gasteiger partial charge is 0.408 e. The van der Waals surface area contributed by atoms with Gasteiger partial charge in [0.1, 0.15) is 11.1 Å². The van der Waals surface area contributed by atoms with Gasteiger partial charge in [-0.1, -0.05) is 42.5 Å². The third-order valence-electron chi connectivity index (χ3n) is 4.74. The van der Waals surface area contributed by atoms with Crippen molar-refractivity contribution >= 4 is 17.7 Å². The van der Waals surface area contributed by atoms with Crippen LogP contribution in [0.25, 0.3) is 0 Å². The summed E-state index contributed by atoms with van der Waals surface area (Å²) < 4.78 is 5.43. The van der Waals surface area contributed by atoms with E-state index >= 15 is 0 Å². The summed E-state index contributed by atoms with van der Waals surface area (Å²) in [5.74, 6) is -0.257. The second kappa shape index (κ2) is 7.06. The van der Waals surface area contributed by atoms with E-state index in [2.05, 4.69) is 10.6 Å². The zero-order chi connectivity index (χ0) is 19.7. The van der Waals surface area contributed by atoms with Crippen molar-refractivity contribution in [3.8, 4) is 0 Å². The third kappa shape index (κ3) is 3.97. The Kier molecular flexibility index (Phi) is 4.96. The minimum atomic E-state index is -1.15. The molecule has 0 fully saturated rings. The third-order valence-corrected chi connectivity index (χ3v) is 4.74. The van der Waals surface area contributed by atoms with Gasteiger partial charge in [0.05, 0.1) is 0 Å². The Morgan fingerprint density at radius 3 is 2.41 bits per heavy atom. The van der Waals surface area contributed by atoms with Crippen molar-refractivity contribution in [1.29, 1.82) is 0 Å². The summed E-state index contributed by atoms with van der Waals surface area (Å²) in [5, 5.41) is 5.86. The number of amides is 2. The van der Waals surface area contributed by atoms with Crippen LogP contribution in [0.2, 0.25) is 0 Å². The quantitative estimate of drug-likeness (QED) is 0.851. The van der Waals surface area contributed by atoms with Crippen LogP contribution in [0, 0.1) is 6.92 Å². The lowest BCUT2D eigenvalue weighted by Crippen LogP contribution is -2.54. The van der Waals surface area contributed by atoms with Crippen LogP contribution in [-0.4, -0.2) is 17.6 Å². The van der Waals surface area contributed by atoms with Crippen LogP contribution in [-0.2, 0) is 21.5 Å². The Morgan fingerprint density at radius 1 is 1.04 bits per heavy atom. The highest BCUT2D eigenvalue weighted by Gasteiger charge is 2.47. The molecule has 0 aromatic heterocycles. The van der Waals surface area contributed by atoms with Crippen LogP contribution in [0.1, 0.15) is 43.9 Å². The number of rotatable bonds is 3. The second-order valence-electron chi connectivity index (χ2n) is 7.96. The van der Waals surface area contributed by atoms with Gasteiger partial charge in [-0.2, -0.15) is 0 Å². The summed E-state index contributed by atoms with van der Waals surface area (Å²) in [6, 6.07) is 15.3. The molecule has 0 heterocycles. The normalized spacial score (nSPS) is 18.5. The highest BCUT2D eigenvalue weighted by atomic mass is 16.6. The molecular formula is C22H26N2O3. The maximum atomic E-state index is 13.4. The summed E-state index contributed by atoms with van der Waals surface area (Å²) >= 11 is 0. The average Bonchev–Trinajstić information content (AvgIpc) is 2.95. The number of hydrogen-bond donors (Lipinski definition) is 2. The summed E-state index contributed by atoms with van der Waals surface area (Å²) in [4.78, 5) is 25.9. The van der Waals surface area contributed by atoms with Gasteiger partial charge in [-0.25, -0.2) is 4.79 Å². The molecule has 0 bridgehead atoms. The standard InChI is InChI=1S/C22H26N2O3/c1-15-9-5-8-12-18(15)23-19(25)22(24-20(26)27-21(2,3)4)14-13-16-10-6-7-11-17(16)22/h5-12H,13-14H2,1-4H3,(H,23,25)(H,24,26). The van der Waals surface area contributed by atoms with Crippen molar-refractivity contribution in [2.24, 2.45) is 0 Å². The Hall–Kier alpha value is -2.82. The molecule has 1 atom stereocenters. The highest BCUT2D eigenvalue weighted by Crippen LogP contribution is 2.38. The highest BCUT2D eigenvalue weighted by molar-refractivity contribution is 6.02.